The minimum atomic E-state index is -2.33. The predicted octanol–water partition coefficient (Wildman–Crippen LogP) is 5.92. The second-order valence-electron chi connectivity index (χ2n) is 5.15. The van der Waals surface area contributed by atoms with Gasteiger partial charge in [0, 0.05) is 17.0 Å². The Morgan fingerprint density at radius 3 is 1.28 bits per heavy atom. The fourth-order valence-electron chi connectivity index (χ4n) is 1.09. The van der Waals surface area contributed by atoms with Crippen LogP contribution >= 0.6 is 28.4 Å². The Labute approximate surface area is 130 Å². The summed E-state index contributed by atoms with van der Waals surface area (Å²) >= 11 is 18.9. The molecule has 1 rings (SSSR count). The normalized spacial score (nSPS) is 41.8. The van der Waals surface area contributed by atoms with Crippen molar-refractivity contribution in [3.63, 3.8) is 0 Å². The van der Waals surface area contributed by atoms with Gasteiger partial charge in [0.2, 0.25) is 6.49 Å². The van der Waals surface area contributed by atoms with Crippen molar-refractivity contribution >= 4 is 63.8 Å². The Balaban J connectivity index is 3.30. The molecule has 1 aliphatic rings. The summed E-state index contributed by atoms with van der Waals surface area (Å²) in [5, 5.41) is 0. The standard InChI is InChI=1S/C9H21O2P3S4/c1-7(2)12(15)10-13(16,8(3)4)18-14(17,11-12)9(5)6/h7-9H,1-6H3. The van der Waals surface area contributed by atoms with Gasteiger partial charge < -0.3 is 0 Å². The number of hydrogen-bond donors (Lipinski definition) is 0. The first-order chi connectivity index (χ1) is 7.95. The third-order valence-corrected chi connectivity index (χ3v) is 29.5. The summed E-state index contributed by atoms with van der Waals surface area (Å²) in [5.41, 5.74) is -3.28. The van der Waals surface area contributed by atoms with Gasteiger partial charge in [-0.05, 0) is 22.8 Å². The smallest absolute Gasteiger partial charge is 0.200 e. The Bertz CT molecular complexity index is 376. The van der Waals surface area contributed by atoms with Crippen LogP contribution in [-0.4, -0.2) is 17.0 Å². The average molecular weight is 382 g/mol. The third kappa shape index (κ3) is 3.70. The van der Waals surface area contributed by atoms with Crippen LogP contribution in [0.15, 0.2) is 0 Å². The Morgan fingerprint density at radius 2 is 1.06 bits per heavy atom. The van der Waals surface area contributed by atoms with Crippen molar-refractivity contribution in [2.75, 3.05) is 0 Å². The van der Waals surface area contributed by atoms with Crippen molar-refractivity contribution in [1.82, 2.24) is 0 Å². The molecule has 0 spiro atoms. The topological polar surface area (TPSA) is 18.5 Å². The largest absolute Gasteiger partial charge is 0.286 e. The van der Waals surface area contributed by atoms with Crippen LogP contribution in [0.3, 0.4) is 0 Å². The van der Waals surface area contributed by atoms with Crippen molar-refractivity contribution in [3.05, 3.63) is 0 Å². The van der Waals surface area contributed by atoms with Gasteiger partial charge in [-0.3, -0.25) is 8.62 Å². The van der Waals surface area contributed by atoms with Crippen molar-refractivity contribution in [2.45, 2.75) is 58.5 Å². The summed E-state index contributed by atoms with van der Waals surface area (Å²) in [6, 6.07) is 0. The van der Waals surface area contributed by atoms with Crippen LogP contribution in [0, 0.1) is 0 Å². The van der Waals surface area contributed by atoms with E-state index in [0.29, 0.717) is 11.3 Å². The minimum absolute atomic E-state index is 0.176. The van der Waals surface area contributed by atoms with E-state index in [9.17, 15) is 0 Å². The van der Waals surface area contributed by atoms with E-state index in [1.165, 1.54) is 0 Å². The fraction of sp³-hybridized carbons (Fsp3) is 1.00. The first-order valence-electron chi connectivity index (χ1n) is 5.88. The molecule has 108 valence electrons. The molecular weight excluding hydrogens is 361 g/mol. The molecule has 0 bridgehead atoms. The molecule has 2 atom stereocenters. The lowest BCUT2D eigenvalue weighted by Crippen LogP contribution is -2.12. The molecule has 0 saturated carbocycles. The quantitative estimate of drug-likeness (QED) is 0.560. The highest BCUT2D eigenvalue weighted by molar-refractivity contribution is 8.99. The van der Waals surface area contributed by atoms with E-state index in [0.717, 1.165) is 0 Å². The van der Waals surface area contributed by atoms with E-state index in [4.69, 9.17) is 44.0 Å². The lowest BCUT2D eigenvalue weighted by molar-refractivity contribution is 0.529. The maximum atomic E-state index is 6.18. The zero-order chi connectivity index (χ0) is 14.4. The monoisotopic (exact) mass is 382 g/mol. The molecule has 1 aliphatic heterocycles. The maximum absolute atomic E-state index is 6.18. The van der Waals surface area contributed by atoms with Gasteiger partial charge in [-0.25, -0.2) is 0 Å². The highest BCUT2D eigenvalue weighted by Crippen LogP contribution is 2.94. The van der Waals surface area contributed by atoms with E-state index >= 15 is 0 Å². The summed E-state index contributed by atoms with van der Waals surface area (Å²) in [6.07, 6.45) is 0. The van der Waals surface area contributed by atoms with E-state index in [2.05, 4.69) is 41.5 Å². The van der Waals surface area contributed by atoms with Gasteiger partial charge in [0.1, 0.15) is 10.9 Å². The van der Waals surface area contributed by atoms with E-state index in [-0.39, 0.29) is 5.66 Å². The van der Waals surface area contributed by atoms with Crippen LogP contribution < -0.4 is 0 Å². The Morgan fingerprint density at radius 1 is 0.722 bits per heavy atom. The lowest BCUT2D eigenvalue weighted by Gasteiger charge is -2.45. The molecule has 0 aromatic rings. The van der Waals surface area contributed by atoms with Crippen LogP contribution in [0.4, 0.5) is 0 Å². The van der Waals surface area contributed by atoms with Crippen LogP contribution in [0.5, 0.6) is 0 Å². The summed E-state index contributed by atoms with van der Waals surface area (Å²) in [5.74, 6) is 0. The molecule has 0 N–H and O–H groups in total. The summed E-state index contributed by atoms with van der Waals surface area (Å²) in [7, 11) is 0. The van der Waals surface area contributed by atoms with Gasteiger partial charge in [0.15, 0.2) is 0 Å². The first kappa shape index (κ1) is 18.3. The van der Waals surface area contributed by atoms with Crippen LogP contribution in [-0.2, 0) is 44.0 Å². The van der Waals surface area contributed by atoms with Crippen LogP contribution in [0.1, 0.15) is 41.5 Å². The summed E-state index contributed by atoms with van der Waals surface area (Å²) in [4.78, 5) is 0. The zero-order valence-electron chi connectivity index (χ0n) is 11.5. The third-order valence-electron chi connectivity index (χ3n) is 2.58. The molecule has 0 amide bonds. The fourth-order valence-corrected chi connectivity index (χ4v) is 31.9. The van der Waals surface area contributed by atoms with Gasteiger partial charge in [-0.15, -0.1) is 0 Å². The Kier molecular flexibility index (Phi) is 6.24. The molecule has 0 aromatic heterocycles. The minimum Gasteiger partial charge on any atom is -0.286 e. The molecule has 1 fully saturated rings. The molecule has 0 radical (unpaired) electrons. The molecule has 2 unspecified atom stereocenters. The maximum Gasteiger partial charge on any atom is 0.200 e. The Hall–Kier alpha value is 2.22. The molecule has 9 heteroatoms. The van der Waals surface area contributed by atoms with Crippen molar-refractivity contribution < 1.29 is 8.62 Å². The van der Waals surface area contributed by atoms with Gasteiger partial charge in [-0.2, -0.15) is 0 Å². The van der Waals surface area contributed by atoms with Crippen LogP contribution in [0.2, 0.25) is 0 Å². The van der Waals surface area contributed by atoms with Crippen molar-refractivity contribution in [3.8, 4) is 0 Å². The molecule has 2 nitrogen and oxygen atoms in total. The second kappa shape index (κ2) is 6.15. The molecule has 1 heterocycles. The molecule has 1 saturated heterocycles. The van der Waals surface area contributed by atoms with Gasteiger partial charge in [0.05, 0.1) is 0 Å². The van der Waals surface area contributed by atoms with Gasteiger partial charge in [-0.1, -0.05) is 65.2 Å². The highest BCUT2D eigenvalue weighted by Gasteiger charge is 2.48. The van der Waals surface area contributed by atoms with Crippen LogP contribution in [0.25, 0.3) is 0 Å². The number of hydrogen-bond acceptors (Lipinski definition) is 6. The number of rotatable bonds is 3. The van der Waals surface area contributed by atoms with Gasteiger partial charge in [0.25, 0.3) is 0 Å². The van der Waals surface area contributed by atoms with E-state index in [1.807, 2.05) is 0 Å². The molecular formula is C9H21O2P3S4. The van der Waals surface area contributed by atoms with Crippen molar-refractivity contribution in [2.24, 2.45) is 0 Å². The SMILES string of the molecule is CC(C)P1(=S)OP(=S)(C(C)C)SP(=S)(C(C)C)O1. The second-order valence-corrected chi connectivity index (χ2v) is 24.3. The van der Waals surface area contributed by atoms with E-state index < -0.39 is 17.4 Å². The van der Waals surface area contributed by atoms with Gasteiger partial charge >= 0.3 is 0 Å². The predicted molar refractivity (Wildman–Crippen MR) is 98.0 cm³/mol. The van der Waals surface area contributed by atoms with E-state index in [1.54, 1.807) is 11.0 Å². The summed E-state index contributed by atoms with van der Waals surface area (Å²) in [6.45, 7) is 10.2. The lowest BCUT2D eigenvalue weighted by atomic mass is 10.6. The molecule has 0 aromatic carbocycles. The molecule has 0 aliphatic carbocycles. The molecule has 18 heavy (non-hydrogen) atoms. The first-order valence-corrected chi connectivity index (χ1v) is 16.2. The summed E-state index contributed by atoms with van der Waals surface area (Å²) < 4.78 is 12.4. The zero-order valence-corrected chi connectivity index (χ0v) is 17.5. The highest BCUT2D eigenvalue weighted by atomic mass is 33.2. The van der Waals surface area contributed by atoms with Crippen molar-refractivity contribution in [1.29, 1.82) is 0 Å². The average Bonchev–Trinajstić information content (AvgIpc) is 2.14.